The first-order chi connectivity index (χ1) is 13.9. The monoisotopic (exact) mass is 397 g/mol. The molecule has 0 radical (unpaired) electrons. The lowest BCUT2D eigenvalue weighted by atomic mass is 10.0. The molecule has 29 heavy (non-hydrogen) atoms. The summed E-state index contributed by atoms with van der Waals surface area (Å²) in [5.74, 6) is 2.00. The lowest BCUT2D eigenvalue weighted by Gasteiger charge is -2.15. The Bertz CT molecular complexity index is 1110. The van der Waals surface area contributed by atoms with Gasteiger partial charge in [-0.2, -0.15) is 18.3 Å². The summed E-state index contributed by atoms with van der Waals surface area (Å²) in [6.45, 7) is 4.96. The van der Waals surface area contributed by atoms with Crippen LogP contribution in [0, 0.1) is 0 Å². The van der Waals surface area contributed by atoms with E-state index in [0.717, 1.165) is 35.2 Å². The number of allylic oxidation sites excluding steroid dienone is 1. The summed E-state index contributed by atoms with van der Waals surface area (Å²) in [6.07, 6.45) is -2.07. The molecule has 3 aromatic rings. The van der Waals surface area contributed by atoms with Gasteiger partial charge >= 0.3 is 6.18 Å². The summed E-state index contributed by atoms with van der Waals surface area (Å²) in [4.78, 5) is 13.0. The van der Waals surface area contributed by atoms with Gasteiger partial charge in [0.05, 0.1) is 22.5 Å². The average molecular weight is 397 g/mol. The summed E-state index contributed by atoms with van der Waals surface area (Å²) in [7, 11) is 0. The summed E-state index contributed by atoms with van der Waals surface area (Å²) in [5, 5.41) is 5.71. The highest BCUT2D eigenvalue weighted by Gasteiger charge is 2.31. The smallest absolute Gasteiger partial charge is 0.362 e. The number of para-hydroxylation sites is 1. The number of hydrogen-bond donors (Lipinski definition) is 0. The second-order valence-corrected chi connectivity index (χ2v) is 6.98. The number of fused-ring (bicyclic) bond motifs is 1. The predicted molar refractivity (Wildman–Crippen MR) is 104 cm³/mol. The fourth-order valence-electron chi connectivity index (χ4n) is 3.82. The van der Waals surface area contributed by atoms with E-state index >= 15 is 0 Å². The maximum atomic E-state index is 12.9. The number of rotatable bonds is 4. The Morgan fingerprint density at radius 2 is 1.90 bits per heavy atom. The van der Waals surface area contributed by atoms with Crippen LogP contribution in [0.3, 0.4) is 0 Å². The molecular formula is C22H18F3N3O. The van der Waals surface area contributed by atoms with Gasteiger partial charge in [-0.1, -0.05) is 24.8 Å². The first kappa shape index (κ1) is 19.0. The highest BCUT2D eigenvalue weighted by molar-refractivity contribution is 5.84. The first-order valence-corrected chi connectivity index (χ1v) is 9.20. The Morgan fingerprint density at radius 1 is 1.17 bits per heavy atom. The standard InChI is InChI=1S/C22H18F3N3O/c1-2-17(14-29)27-12-11-15(13-27)21-19-5-3-4-6-20(19)28(26-21)18-9-7-16(8-10-18)22(23,24)25/h2-10,15H,1,11-13H2. The fourth-order valence-corrected chi connectivity index (χ4v) is 3.82. The lowest BCUT2D eigenvalue weighted by molar-refractivity contribution is -0.137. The van der Waals surface area contributed by atoms with Gasteiger partial charge in [0.15, 0.2) is 0 Å². The number of alkyl halides is 3. The van der Waals surface area contributed by atoms with Crippen molar-refractivity contribution in [1.82, 2.24) is 14.7 Å². The Balaban J connectivity index is 1.73. The molecule has 1 atom stereocenters. The van der Waals surface area contributed by atoms with Gasteiger partial charge in [0, 0.05) is 24.4 Å². The molecule has 1 aliphatic heterocycles. The van der Waals surface area contributed by atoms with E-state index < -0.39 is 11.7 Å². The number of benzene rings is 2. The summed E-state index contributed by atoms with van der Waals surface area (Å²) < 4.78 is 40.3. The van der Waals surface area contributed by atoms with Crippen LogP contribution < -0.4 is 0 Å². The molecular weight excluding hydrogens is 379 g/mol. The zero-order chi connectivity index (χ0) is 20.6. The molecule has 2 aromatic carbocycles. The predicted octanol–water partition coefficient (Wildman–Crippen LogP) is 4.74. The van der Waals surface area contributed by atoms with Crippen LogP contribution in [-0.4, -0.2) is 33.7 Å². The highest BCUT2D eigenvalue weighted by atomic mass is 19.4. The minimum atomic E-state index is -4.38. The molecule has 1 unspecified atom stereocenters. The molecule has 0 bridgehead atoms. The first-order valence-electron chi connectivity index (χ1n) is 9.20. The van der Waals surface area contributed by atoms with Crippen LogP contribution in [0.5, 0.6) is 0 Å². The molecule has 0 spiro atoms. The van der Waals surface area contributed by atoms with Gasteiger partial charge in [0.2, 0.25) is 0 Å². The molecule has 7 heteroatoms. The van der Waals surface area contributed by atoms with Crippen LogP contribution in [-0.2, 0) is 11.0 Å². The number of halogens is 3. The quantitative estimate of drug-likeness (QED) is 0.472. The van der Waals surface area contributed by atoms with E-state index in [4.69, 9.17) is 5.10 Å². The van der Waals surface area contributed by atoms with Crippen molar-refractivity contribution in [2.45, 2.75) is 18.5 Å². The van der Waals surface area contributed by atoms with E-state index in [1.54, 1.807) is 4.68 Å². The number of carbonyl (C=O) groups excluding carboxylic acids is 1. The van der Waals surface area contributed by atoms with Gasteiger partial charge in [0.1, 0.15) is 11.6 Å². The van der Waals surface area contributed by atoms with Gasteiger partial charge in [-0.3, -0.25) is 0 Å². The van der Waals surface area contributed by atoms with Gasteiger partial charge in [-0.05, 0) is 42.8 Å². The van der Waals surface area contributed by atoms with Crippen molar-refractivity contribution in [1.29, 1.82) is 0 Å². The summed E-state index contributed by atoms with van der Waals surface area (Å²) >= 11 is 0. The molecule has 1 aliphatic rings. The minimum Gasteiger partial charge on any atom is -0.362 e. The third kappa shape index (κ3) is 3.45. The maximum absolute atomic E-state index is 12.9. The van der Waals surface area contributed by atoms with E-state index in [1.165, 1.54) is 18.2 Å². The number of likely N-dealkylation sites (tertiary alicyclic amines) is 1. The second-order valence-electron chi connectivity index (χ2n) is 6.98. The fraction of sp³-hybridized carbons (Fsp3) is 0.227. The van der Waals surface area contributed by atoms with Crippen LogP contribution in [0.4, 0.5) is 13.2 Å². The molecule has 4 nitrogen and oxygen atoms in total. The Labute approximate surface area is 165 Å². The number of nitrogens with zero attached hydrogens (tertiary/aromatic N) is 3. The molecule has 1 fully saturated rings. The zero-order valence-corrected chi connectivity index (χ0v) is 15.5. The van der Waals surface area contributed by atoms with E-state index in [-0.39, 0.29) is 5.92 Å². The summed E-state index contributed by atoms with van der Waals surface area (Å²) in [5.41, 5.74) is 2.00. The van der Waals surface area contributed by atoms with Gasteiger partial charge in [-0.25, -0.2) is 9.48 Å². The van der Waals surface area contributed by atoms with Gasteiger partial charge < -0.3 is 4.90 Å². The third-order valence-corrected chi connectivity index (χ3v) is 5.27. The van der Waals surface area contributed by atoms with E-state index in [2.05, 4.69) is 6.58 Å². The number of hydrogen-bond acceptors (Lipinski definition) is 3. The van der Waals surface area contributed by atoms with E-state index in [9.17, 15) is 18.0 Å². The normalized spacial score (nSPS) is 16.8. The Hall–Kier alpha value is -3.31. The molecule has 1 aromatic heterocycles. The van der Waals surface area contributed by atoms with Gasteiger partial charge in [-0.15, -0.1) is 0 Å². The summed E-state index contributed by atoms with van der Waals surface area (Å²) in [6, 6.07) is 12.6. The van der Waals surface area contributed by atoms with Crippen molar-refractivity contribution in [3.8, 4) is 5.69 Å². The lowest BCUT2D eigenvalue weighted by Crippen LogP contribution is -2.19. The van der Waals surface area contributed by atoms with Crippen molar-refractivity contribution < 1.29 is 18.0 Å². The van der Waals surface area contributed by atoms with E-state index in [0.29, 0.717) is 24.5 Å². The molecule has 0 N–H and O–H groups in total. The molecule has 2 heterocycles. The molecule has 1 saturated heterocycles. The van der Waals surface area contributed by atoms with Crippen LogP contribution in [0.25, 0.3) is 16.6 Å². The van der Waals surface area contributed by atoms with Crippen molar-refractivity contribution in [2.75, 3.05) is 13.1 Å². The van der Waals surface area contributed by atoms with Crippen LogP contribution >= 0.6 is 0 Å². The largest absolute Gasteiger partial charge is 0.416 e. The van der Waals surface area contributed by atoms with Crippen LogP contribution in [0.15, 0.2) is 66.9 Å². The third-order valence-electron chi connectivity index (χ3n) is 5.27. The zero-order valence-electron chi connectivity index (χ0n) is 15.5. The molecule has 0 amide bonds. The highest BCUT2D eigenvalue weighted by Crippen LogP contribution is 2.35. The van der Waals surface area contributed by atoms with Crippen LogP contribution in [0.2, 0.25) is 0 Å². The minimum absolute atomic E-state index is 0.0962. The van der Waals surface area contributed by atoms with Crippen molar-refractivity contribution in [2.24, 2.45) is 0 Å². The topological polar surface area (TPSA) is 38.1 Å². The molecule has 4 rings (SSSR count). The SMILES string of the molecule is C=CC(=C=O)N1CCC(c2nn(-c3ccc(C(F)(F)F)cc3)c3ccccc23)C1. The second kappa shape index (κ2) is 7.26. The van der Waals surface area contributed by atoms with Crippen molar-refractivity contribution in [3.63, 3.8) is 0 Å². The Kier molecular flexibility index (Phi) is 4.76. The number of aromatic nitrogens is 2. The maximum Gasteiger partial charge on any atom is 0.416 e. The van der Waals surface area contributed by atoms with E-state index in [1.807, 2.05) is 35.1 Å². The Morgan fingerprint density at radius 3 is 2.55 bits per heavy atom. The molecule has 0 saturated carbocycles. The van der Waals surface area contributed by atoms with Crippen molar-refractivity contribution in [3.05, 3.63) is 78.1 Å². The van der Waals surface area contributed by atoms with Crippen molar-refractivity contribution >= 4 is 16.8 Å². The molecule has 0 aliphatic carbocycles. The molecule has 148 valence electrons. The average Bonchev–Trinajstić information content (AvgIpc) is 3.33. The van der Waals surface area contributed by atoms with Crippen LogP contribution in [0.1, 0.15) is 23.6 Å². The van der Waals surface area contributed by atoms with Gasteiger partial charge in [0.25, 0.3) is 0 Å².